The lowest BCUT2D eigenvalue weighted by molar-refractivity contribution is -0.137. The number of anilines is 1. The predicted octanol–water partition coefficient (Wildman–Crippen LogP) is 2.17. The van der Waals surface area contributed by atoms with Gasteiger partial charge in [-0.3, -0.25) is 9.59 Å². The van der Waals surface area contributed by atoms with Crippen molar-refractivity contribution >= 4 is 17.5 Å². The van der Waals surface area contributed by atoms with Gasteiger partial charge in [-0.05, 0) is 44.0 Å². The summed E-state index contributed by atoms with van der Waals surface area (Å²) in [5, 5.41) is 3.34. The minimum Gasteiger partial charge on any atom is -0.342 e. The number of amides is 2. The number of carbonyl (C=O) groups is 2. The molecule has 1 aromatic carbocycles. The van der Waals surface area contributed by atoms with Crippen LogP contribution in [0, 0.1) is 23.5 Å². The largest absolute Gasteiger partial charge is 0.342 e. The van der Waals surface area contributed by atoms with Gasteiger partial charge in [0.2, 0.25) is 11.8 Å². The summed E-state index contributed by atoms with van der Waals surface area (Å²) in [6, 6.07) is 3.13. The molecule has 1 N–H and O–H groups in total. The first-order valence-electron chi connectivity index (χ1n) is 9.24. The molecule has 1 atom stereocenters. The van der Waals surface area contributed by atoms with Crippen molar-refractivity contribution in [3.63, 3.8) is 0 Å². The Morgan fingerprint density at radius 3 is 2.65 bits per heavy atom. The average Bonchev–Trinajstić information content (AvgIpc) is 3.01. The molecular formula is C19H25F2N3O2. The van der Waals surface area contributed by atoms with Crippen LogP contribution in [0.2, 0.25) is 0 Å². The molecule has 3 rings (SSSR count). The number of nitrogens with zero attached hydrogens (tertiary/aromatic N) is 2. The van der Waals surface area contributed by atoms with E-state index >= 15 is 0 Å². The fraction of sp³-hybridized carbons (Fsp3) is 0.579. The van der Waals surface area contributed by atoms with Crippen LogP contribution in [0.1, 0.15) is 26.2 Å². The summed E-state index contributed by atoms with van der Waals surface area (Å²) in [6.07, 6.45) is 1.98. The van der Waals surface area contributed by atoms with Crippen LogP contribution in [0.4, 0.5) is 14.5 Å². The van der Waals surface area contributed by atoms with Gasteiger partial charge in [0, 0.05) is 32.1 Å². The Hall–Kier alpha value is -2.02. The molecule has 2 aliphatic heterocycles. The quantitative estimate of drug-likeness (QED) is 0.870. The molecule has 0 aliphatic carbocycles. The van der Waals surface area contributed by atoms with Gasteiger partial charge in [-0.25, -0.2) is 8.78 Å². The van der Waals surface area contributed by atoms with Gasteiger partial charge in [-0.1, -0.05) is 6.92 Å². The standard InChI is InChI=1S/C19H25F2N3O2/c1-2-22-11-13-5-7-23(8-6-13)19(26)14-9-18(25)24(12-14)17-4-3-15(20)10-16(17)21/h3-4,10,13-14,22H,2,5-9,11-12H2,1H3. The first kappa shape index (κ1) is 18.8. The molecule has 0 bridgehead atoms. The number of carbonyl (C=O) groups excluding carboxylic acids is 2. The zero-order valence-electron chi connectivity index (χ0n) is 15.0. The zero-order chi connectivity index (χ0) is 18.7. The van der Waals surface area contributed by atoms with Crippen molar-refractivity contribution in [2.45, 2.75) is 26.2 Å². The fourth-order valence-electron chi connectivity index (χ4n) is 3.77. The second kappa shape index (κ2) is 8.12. The number of rotatable bonds is 5. The number of benzene rings is 1. The topological polar surface area (TPSA) is 52.7 Å². The van der Waals surface area contributed by atoms with E-state index in [0.717, 1.165) is 38.1 Å². The van der Waals surface area contributed by atoms with Gasteiger partial charge in [0.1, 0.15) is 11.6 Å². The van der Waals surface area contributed by atoms with Crippen molar-refractivity contribution in [2.24, 2.45) is 11.8 Å². The molecule has 5 nitrogen and oxygen atoms in total. The van der Waals surface area contributed by atoms with Gasteiger partial charge in [-0.2, -0.15) is 0 Å². The van der Waals surface area contributed by atoms with Crippen LogP contribution in [0.25, 0.3) is 0 Å². The zero-order valence-corrected chi connectivity index (χ0v) is 15.0. The summed E-state index contributed by atoms with van der Waals surface area (Å²) < 4.78 is 27.0. The normalized spacial score (nSPS) is 21.5. The van der Waals surface area contributed by atoms with Crippen LogP contribution in [0.5, 0.6) is 0 Å². The molecule has 0 saturated carbocycles. The molecule has 2 saturated heterocycles. The van der Waals surface area contributed by atoms with E-state index in [1.165, 1.54) is 11.0 Å². The molecule has 0 spiro atoms. The Labute approximate surface area is 152 Å². The number of hydrogen-bond acceptors (Lipinski definition) is 3. The van der Waals surface area contributed by atoms with E-state index in [1.807, 2.05) is 4.90 Å². The smallest absolute Gasteiger partial charge is 0.228 e. The molecule has 2 fully saturated rings. The number of hydrogen-bond donors (Lipinski definition) is 1. The second-order valence-electron chi connectivity index (χ2n) is 7.08. The van der Waals surface area contributed by atoms with E-state index in [9.17, 15) is 18.4 Å². The second-order valence-corrected chi connectivity index (χ2v) is 7.08. The van der Waals surface area contributed by atoms with Crippen molar-refractivity contribution in [3.8, 4) is 0 Å². The van der Waals surface area contributed by atoms with E-state index in [1.54, 1.807) is 0 Å². The maximum absolute atomic E-state index is 14.0. The number of piperidine rings is 1. The van der Waals surface area contributed by atoms with Gasteiger partial charge in [0.25, 0.3) is 0 Å². The molecule has 1 aromatic rings. The molecule has 2 aliphatic rings. The summed E-state index contributed by atoms with van der Waals surface area (Å²) in [5.74, 6) is -1.69. The van der Waals surface area contributed by atoms with E-state index in [4.69, 9.17) is 0 Å². The Balaban J connectivity index is 1.59. The molecule has 26 heavy (non-hydrogen) atoms. The van der Waals surface area contributed by atoms with Crippen LogP contribution >= 0.6 is 0 Å². The van der Waals surface area contributed by atoms with Crippen LogP contribution in [0.3, 0.4) is 0 Å². The van der Waals surface area contributed by atoms with Crippen molar-refractivity contribution in [1.82, 2.24) is 10.2 Å². The lowest BCUT2D eigenvalue weighted by Gasteiger charge is -2.33. The number of halogens is 2. The molecule has 7 heteroatoms. The van der Waals surface area contributed by atoms with Crippen LogP contribution < -0.4 is 10.2 Å². The highest BCUT2D eigenvalue weighted by Crippen LogP contribution is 2.29. The highest BCUT2D eigenvalue weighted by Gasteiger charge is 2.38. The maximum atomic E-state index is 14.0. The fourth-order valence-corrected chi connectivity index (χ4v) is 3.77. The number of nitrogens with one attached hydrogen (secondary N) is 1. The Bertz CT molecular complexity index is 675. The first-order chi connectivity index (χ1) is 12.5. The monoisotopic (exact) mass is 365 g/mol. The minimum atomic E-state index is -0.782. The van der Waals surface area contributed by atoms with Crippen molar-refractivity contribution in [3.05, 3.63) is 29.8 Å². The first-order valence-corrected chi connectivity index (χ1v) is 9.24. The Kier molecular flexibility index (Phi) is 5.86. The SMILES string of the molecule is CCNCC1CCN(C(=O)C2CC(=O)N(c3ccc(F)cc3F)C2)CC1. The number of likely N-dealkylation sites (tertiary alicyclic amines) is 1. The summed E-state index contributed by atoms with van der Waals surface area (Å²) in [5.41, 5.74) is 0.0380. The predicted molar refractivity (Wildman–Crippen MR) is 94.7 cm³/mol. The lowest BCUT2D eigenvalue weighted by atomic mass is 9.95. The van der Waals surface area contributed by atoms with Gasteiger partial charge in [-0.15, -0.1) is 0 Å². The third kappa shape index (κ3) is 4.03. The minimum absolute atomic E-state index is 0.0368. The Morgan fingerprint density at radius 2 is 2.00 bits per heavy atom. The third-order valence-electron chi connectivity index (χ3n) is 5.28. The molecular weight excluding hydrogens is 340 g/mol. The summed E-state index contributed by atoms with van der Waals surface area (Å²) >= 11 is 0. The van der Waals surface area contributed by atoms with Crippen molar-refractivity contribution in [2.75, 3.05) is 37.6 Å². The van der Waals surface area contributed by atoms with Crippen LogP contribution in [-0.4, -0.2) is 49.4 Å². The van der Waals surface area contributed by atoms with Crippen LogP contribution in [0.15, 0.2) is 18.2 Å². The lowest BCUT2D eigenvalue weighted by Crippen LogP contribution is -2.44. The summed E-state index contributed by atoms with van der Waals surface area (Å²) in [4.78, 5) is 28.1. The molecule has 142 valence electrons. The van der Waals surface area contributed by atoms with E-state index in [-0.39, 0.29) is 30.5 Å². The van der Waals surface area contributed by atoms with Gasteiger partial charge in [0.05, 0.1) is 11.6 Å². The summed E-state index contributed by atoms with van der Waals surface area (Å²) in [6.45, 7) is 5.54. The molecule has 0 radical (unpaired) electrons. The highest BCUT2D eigenvalue weighted by molar-refractivity contribution is 6.00. The van der Waals surface area contributed by atoms with Gasteiger partial charge >= 0.3 is 0 Å². The highest BCUT2D eigenvalue weighted by atomic mass is 19.1. The van der Waals surface area contributed by atoms with E-state index in [2.05, 4.69) is 12.2 Å². The molecule has 2 heterocycles. The average molecular weight is 365 g/mol. The van der Waals surface area contributed by atoms with Gasteiger partial charge in [0.15, 0.2) is 0 Å². The van der Waals surface area contributed by atoms with Gasteiger partial charge < -0.3 is 15.1 Å². The van der Waals surface area contributed by atoms with Crippen molar-refractivity contribution < 1.29 is 18.4 Å². The molecule has 2 amide bonds. The molecule has 0 aromatic heterocycles. The van der Waals surface area contributed by atoms with Crippen LogP contribution in [-0.2, 0) is 9.59 Å². The van der Waals surface area contributed by atoms with E-state index < -0.39 is 17.6 Å². The van der Waals surface area contributed by atoms with E-state index in [0.29, 0.717) is 19.0 Å². The molecule has 1 unspecified atom stereocenters. The maximum Gasteiger partial charge on any atom is 0.228 e. The summed E-state index contributed by atoms with van der Waals surface area (Å²) in [7, 11) is 0. The van der Waals surface area contributed by atoms with Crippen molar-refractivity contribution in [1.29, 1.82) is 0 Å². The third-order valence-corrected chi connectivity index (χ3v) is 5.28. The Morgan fingerprint density at radius 1 is 1.27 bits per heavy atom.